The summed E-state index contributed by atoms with van der Waals surface area (Å²) in [5.74, 6) is -0.562. The molecule has 0 saturated carbocycles. The van der Waals surface area contributed by atoms with Crippen LogP contribution in [0.1, 0.15) is 60.0 Å². The van der Waals surface area contributed by atoms with Crippen LogP contribution in [0.4, 0.5) is 0 Å². The summed E-state index contributed by atoms with van der Waals surface area (Å²) in [5, 5.41) is 0. The lowest BCUT2D eigenvalue weighted by atomic mass is 9.91. The SMILES string of the molecule is CCCCCCOc1ccc(C(=O)NNC(=O)C(c2ccccc2)c2ccccc2)cc1Br. The lowest BCUT2D eigenvalue weighted by molar-refractivity contribution is -0.122. The minimum absolute atomic E-state index is 0.313. The number of amides is 2. The number of benzene rings is 3. The molecule has 2 N–H and O–H groups in total. The first kappa shape index (κ1) is 24.5. The second kappa shape index (κ2) is 12.8. The Morgan fingerprint density at radius 3 is 2.06 bits per heavy atom. The Morgan fingerprint density at radius 1 is 0.848 bits per heavy atom. The maximum atomic E-state index is 13.0. The molecule has 0 aliphatic heterocycles. The molecule has 0 radical (unpaired) electrons. The van der Waals surface area contributed by atoms with Crippen molar-refractivity contribution in [2.24, 2.45) is 0 Å². The Hall–Kier alpha value is -3.12. The number of hydrogen-bond donors (Lipinski definition) is 2. The van der Waals surface area contributed by atoms with Gasteiger partial charge in [-0.1, -0.05) is 86.8 Å². The number of ether oxygens (including phenoxy) is 1. The first-order valence-electron chi connectivity index (χ1n) is 11.2. The quantitative estimate of drug-likeness (QED) is 0.260. The molecule has 3 aromatic carbocycles. The Balaban J connectivity index is 1.62. The summed E-state index contributed by atoms with van der Waals surface area (Å²) in [6, 6.07) is 24.1. The summed E-state index contributed by atoms with van der Waals surface area (Å²) in [4.78, 5) is 25.7. The smallest absolute Gasteiger partial charge is 0.269 e. The van der Waals surface area contributed by atoms with Gasteiger partial charge in [0, 0.05) is 5.56 Å². The Bertz CT molecular complexity index is 1000. The van der Waals surface area contributed by atoms with Crippen molar-refractivity contribution in [2.45, 2.75) is 38.5 Å². The molecule has 2 amide bonds. The fourth-order valence-corrected chi connectivity index (χ4v) is 4.01. The highest BCUT2D eigenvalue weighted by atomic mass is 79.9. The van der Waals surface area contributed by atoms with Crippen LogP contribution in [0, 0.1) is 0 Å². The lowest BCUT2D eigenvalue weighted by Gasteiger charge is -2.18. The third kappa shape index (κ3) is 7.19. The van der Waals surface area contributed by atoms with Crippen LogP contribution in [0.2, 0.25) is 0 Å². The average Bonchev–Trinajstić information content (AvgIpc) is 2.84. The zero-order valence-electron chi connectivity index (χ0n) is 18.7. The molecule has 0 aliphatic rings. The van der Waals surface area contributed by atoms with Crippen molar-refractivity contribution in [1.29, 1.82) is 0 Å². The molecular formula is C27H29BrN2O3. The highest BCUT2D eigenvalue weighted by molar-refractivity contribution is 9.10. The standard InChI is InChI=1S/C27H29BrN2O3/c1-2-3-4-11-18-33-24-17-16-22(19-23(24)28)26(31)29-30-27(32)25(20-12-7-5-8-13-20)21-14-9-6-10-15-21/h5-10,12-17,19,25H,2-4,11,18H2,1H3,(H,29,31)(H,30,32). The van der Waals surface area contributed by atoms with E-state index in [0.717, 1.165) is 24.0 Å². The van der Waals surface area contributed by atoms with E-state index < -0.39 is 11.8 Å². The summed E-state index contributed by atoms with van der Waals surface area (Å²) in [6.07, 6.45) is 4.52. The Morgan fingerprint density at radius 2 is 1.48 bits per heavy atom. The van der Waals surface area contributed by atoms with Crippen LogP contribution in [0.3, 0.4) is 0 Å². The molecule has 0 aromatic heterocycles. The third-order valence-electron chi connectivity index (χ3n) is 5.28. The van der Waals surface area contributed by atoms with Crippen LogP contribution in [-0.2, 0) is 4.79 Å². The highest BCUT2D eigenvalue weighted by Gasteiger charge is 2.23. The van der Waals surface area contributed by atoms with E-state index in [4.69, 9.17) is 4.74 Å². The number of hydrazine groups is 1. The molecule has 0 saturated heterocycles. The van der Waals surface area contributed by atoms with Gasteiger partial charge in [-0.2, -0.15) is 0 Å². The van der Waals surface area contributed by atoms with Gasteiger partial charge in [0.05, 0.1) is 17.0 Å². The van der Waals surface area contributed by atoms with E-state index in [1.54, 1.807) is 18.2 Å². The molecule has 0 heterocycles. The van der Waals surface area contributed by atoms with E-state index in [2.05, 4.69) is 33.7 Å². The van der Waals surface area contributed by atoms with Crippen LogP contribution in [0.25, 0.3) is 0 Å². The van der Waals surface area contributed by atoms with Gasteiger partial charge in [-0.3, -0.25) is 20.4 Å². The number of nitrogens with one attached hydrogen (secondary N) is 2. The maximum absolute atomic E-state index is 13.0. The Kier molecular flexibility index (Phi) is 9.51. The van der Waals surface area contributed by atoms with Gasteiger partial charge < -0.3 is 4.74 Å². The van der Waals surface area contributed by atoms with Crippen molar-refractivity contribution in [2.75, 3.05) is 6.61 Å². The van der Waals surface area contributed by atoms with Crippen molar-refractivity contribution in [3.05, 3.63) is 100 Å². The molecule has 3 aromatic rings. The monoisotopic (exact) mass is 508 g/mol. The molecular weight excluding hydrogens is 480 g/mol. The zero-order chi connectivity index (χ0) is 23.5. The molecule has 0 atom stereocenters. The molecule has 0 spiro atoms. The van der Waals surface area contributed by atoms with Crippen molar-refractivity contribution >= 4 is 27.7 Å². The van der Waals surface area contributed by atoms with Crippen LogP contribution in [0.15, 0.2) is 83.3 Å². The van der Waals surface area contributed by atoms with Gasteiger partial charge in [0.25, 0.3) is 5.91 Å². The molecule has 172 valence electrons. The van der Waals surface area contributed by atoms with E-state index >= 15 is 0 Å². The molecule has 6 heteroatoms. The predicted molar refractivity (Wildman–Crippen MR) is 134 cm³/mol. The normalized spacial score (nSPS) is 10.6. The van der Waals surface area contributed by atoms with Gasteiger partial charge in [-0.15, -0.1) is 0 Å². The van der Waals surface area contributed by atoms with Gasteiger partial charge in [-0.25, -0.2) is 0 Å². The van der Waals surface area contributed by atoms with Gasteiger partial charge >= 0.3 is 0 Å². The molecule has 0 aliphatic carbocycles. The average molecular weight is 509 g/mol. The minimum atomic E-state index is -0.539. The van der Waals surface area contributed by atoms with Crippen molar-refractivity contribution in [1.82, 2.24) is 10.9 Å². The van der Waals surface area contributed by atoms with Crippen molar-refractivity contribution < 1.29 is 14.3 Å². The number of hydrogen-bond acceptors (Lipinski definition) is 3. The fraction of sp³-hybridized carbons (Fsp3) is 0.259. The summed E-state index contributed by atoms with van der Waals surface area (Å²) in [5.41, 5.74) is 7.22. The van der Waals surface area contributed by atoms with Gasteiger partial charge in [-0.05, 0) is 51.7 Å². The summed E-state index contributed by atoms with van der Waals surface area (Å²) in [6.45, 7) is 2.81. The number of rotatable bonds is 10. The highest BCUT2D eigenvalue weighted by Crippen LogP contribution is 2.27. The van der Waals surface area contributed by atoms with Crippen LogP contribution >= 0.6 is 15.9 Å². The number of unbranched alkanes of at least 4 members (excludes halogenated alkanes) is 3. The number of carbonyl (C=O) groups is 2. The summed E-state index contributed by atoms with van der Waals surface area (Å²) >= 11 is 3.47. The second-order valence-electron chi connectivity index (χ2n) is 7.75. The van der Waals surface area contributed by atoms with E-state index in [9.17, 15) is 9.59 Å². The molecule has 3 rings (SSSR count). The van der Waals surface area contributed by atoms with Gasteiger partial charge in [0.15, 0.2) is 0 Å². The van der Waals surface area contributed by atoms with Crippen LogP contribution in [0.5, 0.6) is 5.75 Å². The number of carbonyl (C=O) groups excluding carboxylic acids is 2. The summed E-state index contributed by atoms with van der Waals surface area (Å²) < 4.78 is 6.50. The van der Waals surface area contributed by atoms with E-state index in [1.165, 1.54) is 12.8 Å². The van der Waals surface area contributed by atoms with Crippen LogP contribution < -0.4 is 15.6 Å². The largest absolute Gasteiger partial charge is 0.492 e. The fourth-order valence-electron chi connectivity index (χ4n) is 3.52. The maximum Gasteiger partial charge on any atom is 0.269 e. The molecule has 0 bridgehead atoms. The molecule has 33 heavy (non-hydrogen) atoms. The van der Waals surface area contributed by atoms with E-state index in [0.29, 0.717) is 22.4 Å². The molecule has 0 unspecified atom stereocenters. The second-order valence-corrected chi connectivity index (χ2v) is 8.61. The Labute approximate surface area is 203 Å². The number of halogens is 1. The first-order valence-corrected chi connectivity index (χ1v) is 12.0. The van der Waals surface area contributed by atoms with Gasteiger partial charge in [0.1, 0.15) is 5.75 Å². The van der Waals surface area contributed by atoms with Gasteiger partial charge in [0.2, 0.25) is 5.91 Å². The zero-order valence-corrected chi connectivity index (χ0v) is 20.3. The predicted octanol–water partition coefficient (Wildman–Crippen LogP) is 6.00. The van der Waals surface area contributed by atoms with Crippen molar-refractivity contribution in [3.63, 3.8) is 0 Å². The molecule has 5 nitrogen and oxygen atoms in total. The molecule has 0 fully saturated rings. The van der Waals surface area contributed by atoms with E-state index in [-0.39, 0.29) is 5.91 Å². The summed E-state index contributed by atoms with van der Waals surface area (Å²) in [7, 11) is 0. The third-order valence-corrected chi connectivity index (χ3v) is 5.90. The topological polar surface area (TPSA) is 67.4 Å². The first-order chi connectivity index (χ1) is 16.1. The van der Waals surface area contributed by atoms with Crippen molar-refractivity contribution in [3.8, 4) is 5.75 Å². The van der Waals surface area contributed by atoms with E-state index in [1.807, 2.05) is 60.7 Å². The van der Waals surface area contributed by atoms with Crippen LogP contribution in [-0.4, -0.2) is 18.4 Å². The minimum Gasteiger partial charge on any atom is -0.492 e. The lowest BCUT2D eigenvalue weighted by Crippen LogP contribution is -2.44.